The number of thiazole rings is 1. The summed E-state index contributed by atoms with van der Waals surface area (Å²) >= 11 is 1.14. The molecular weight excluding hydrogens is 306 g/mol. The largest absolute Gasteiger partial charge is 0.477 e. The molecule has 0 aliphatic rings. The van der Waals surface area contributed by atoms with Gasteiger partial charge in [-0.15, -0.1) is 11.3 Å². The molecule has 0 atom stereocenters. The van der Waals surface area contributed by atoms with Crippen LogP contribution in [0.15, 0.2) is 24.3 Å². The van der Waals surface area contributed by atoms with Crippen LogP contribution < -0.4 is 0 Å². The van der Waals surface area contributed by atoms with Crippen molar-refractivity contribution in [2.45, 2.75) is 6.42 Å². The molecule has 0 fully saturated rings. The monoisotopic (exact) mass is 321 g/mol. The van der Waals surface area contributed by atoms with Gasteiger partial charge in [0, 0.05) is 30.7 Å². The number of carboxylic acid groups (broad SMARTS) is 1. The number of aromatic nitrogens is 1. The van der Waals surface area contributed by atoms with Crippen LogP contribution in [0, 0.1) is 10.1 Å². The Morgan fingerprint density at radius 1 is 1.36 bits per heavy atom. The summed E-state index contributed by atoms with van der Waals surface area (Å²) in [6.45, 7) is 0.770. The molecule has 0 aliphatic heterocycles. The van der Waals surface area contributed by atoms with Crippen molar-refractivity contribution in [2.24, 2.45) is 0 Å². The van der Waals surface area contributed by atoms with E-state index in [2.05, 4.69) is 4.98 Å². The number of hydrogen-bond donors (Lipinski definition) is 1. The van der Waals surface area contributed by atoms with Gasteiger partial charge in [0.25, 0.3) is 5.69 Å². The molecule has 0 spiro atoms. The van der Waals surface area contributed by atoms with Crippen molar-refractivity contribution < 1.29 is 14.8 Å². The van der Waals surface area contributed by atoms with Gasteiger partial charge in [0.1, 0.15) is 4.88 Å². The quantitative estimate of drug-likeness (QED) is 0.648. The highest BCUT2D eigenvalue weighted by Gasteiger charge is 2.19. The van der Waals surface area contributed by atoms with Crippen molar-refractivity contribution >= 4 is 23.0 Å². The topological polar surface area (TPSA) is 96.6 Å². The highest BCUT2D eigenvalue weighted by Crippen LogP contribution is 2.29. The minimum Gasteiger partial charge on any atom is -0.477 e. The van der Waals surface area contributed by atoms with Crippen molar-refractivity contribution in [2.75, 3.05) is 20.6 Å². The van der Waals surface area contributed by atoms with Gasteiger partial charge < -0.3 is 10.0 Å². The Morgan fingerprint density at radius 2 is 2.00 bits per heavy atom. The molecule has 8 heteroatoms. The number of carboxylic acids is 1. The van der Waals surface area contributed by atoms with Crippen LogP contribution in [-0.2, 0) is 6.42 Å². The van der Waals surface area contributed by atoms with Crippen LogP contribution in [-0.4, -0.2) is 46.5 Å². The number of benzene rings is 1. The van der Waals surface area contributed by atoms with E-state index >= 15 is 0 Å². The minimum atomic E-state index is -1.04. The van der Waals surface area contributed by atoms with Crippen molar-refractivity contribution in [1.29, 1.82) is 0 Å². The molecule has 0 saturated heterocycles. The second-order valence-electron chi connectivity index (χ2n) is 4.95. The molecule has 0 unspecified atom stereocenters. The summed E-state index contributed by atoms with van der Waals surface area (Å²) in [6, 6.07) is 5.74. The molecule has 0 bridgehead atoms. The lowest BCUT2D eigenvalue weighted by molar-refractivity contribution is -0.384. The number of nitro benzene ring substituents is 1. The minimum absolute atomic E-state index is 0.0383. The van der Waals surface area contributed by atoms with E-state index in [0.29, 0.717) is 17.7 Å². The summed E-state index contributed by atoms with van der Waals surface area (Å²) in [5.74, 6) is -1.04. The summed E-state index contributed by atoms with van der Waals surface area (Å²) in [5, 5.41) is 20.7. The van der Waals surface area contributed by atoms with Crippen LogP contribution in [0.5, 0.6) is 0 Å². The summed E-state index contributed by atoms with van der Waals surface area (Å²) in [5.41, 5.74) is 0.889. The van der Waals surface area contributed by atoms with Crippen molar-refractivity contribution in [3.8, 4) is 11.3 Å². The number of non-ortho nitro benzene ring substituents is 1. The molecule has 2 rings (SSSR count). The Labute approximate surface area is 131 Å². The van der Waals surface area contributed by atoms with Crippen LogP contribution in [0.2, 0.25) is 0 Å². The van der Waals surface area contributed by atoms with Gasteiger partial charge in [0.05, 0.1) is 15.6 Å². The zero-order valence-electron chi connectivity index (χ0n) is 12.1. The van der Waals surface area contributed by atoms with E-state index in [1.54, 1.807) is 0 Å². The molecule has 1 aromatic heterocycles. The van der Waals surface area contributed by atoms with Gasteiger partial charge in [0.15, 0.2) is 0 Å². The van der Waals surface area contributed by atoms with Gasteiger partial charge in [-0.3, -0.25) is 10.1 Å². The fourth-order valence-corrected chi connectivity index (χ4v) is 2.79. The van der Waals surface area contributed by atoms with E-state index in [9.17, 15) is 20.0 Å². The standard InChI is InChI=1S/C14H15N3O4S/c1-16(2)8-7-11-15-12(13(22-11)14(18)19)9-3-5-10(6-4-9)17(20)21/h3-6H,7-8H2,1-2H3,(H,18,19). The maximum Gasteiger partial charge on any atom is 0.348 e. The van der Waals surface area contributed by atoms with E-state index in [4.69, 9.17) is 0 Å². The van der Waals surface area contributed by atoms with Gasteiger partial charge in [-0.25, -0.2) is 9.78 Å². The molecule has 116 valence electrons. The van der Waals surface area contributed by atoms with E-state index in [0.717, 1.165) is 22.9 Å². The Kier molecular flexibility index (Phi) is 4.84. The first kappa shape index (κ1) is 16.1. The highest BCUT2D eigenvalue weighted by atomic mass is 32.1. The molecule has 2 aromatic rings. The fourth-order valence-electron chi connectivity index (χ4n) is 1.87. The number of carbonyl (C=O) groups is 1. The predicted molar refractivity (Wildman–Crippen MR) is 83.4 cm³/mol. The highest BCUT2D eigenvalue weighted by molar-refractivity contribution is 7.14. The first-order valence-corrected chi connectivity index (χ1v) is 7.32. The Morgan fingerprint density at radius 3 is 2.50 bits per heavy atom. The molecule has 1 heterocycles. The second-order valence-corrected chi connectivity index (χ2v) is 6.03. The van der Waals surface area contributed by atoms with Crippen LogP contribution in [0.1, 0.15) is 14.7 Å². The Balaban J connectivity index is 2.35. The van der Waals surface area contributed by atoms with E-state index in [-0.39, 0.29) is 10.6 Å². The zero-order chi connectivity index (χ0) is 16.3. The smallest absolute Gasteiger partial charge is 0.348 e. The van der Waals surface area contributed by atoms with Gasteiger partial charge in [-0.1, -0.05) is 0 Å². The normalized spacial score (nSPS) is 10.9. The van der Waals surface area contributed by atoms with Gasteiger partial charge in [-0.2, -0.15) is 0 Å². The number of likely N-dealkylation sites (N-methyl/N-ethyl adjacent to an activating group) is 1. The molecule has 0 amide bonds. The summed E-state index contributed by atoms with van der Waals surface area (Å²) in [4.78, 5) is 28.1. The molecule has 1 N–H and O–H groups in total. The third kappa shape index (κ3) is 3.66. The van der Waals surface area contributed by atoms with Crippen molar-refractivity contribution in [3.63, 3.8) is 0 Å². The first-order valence-electron chi connectivity index (χ1n) is 6.51. The fraction of sp³-hybridized carbons (Fsp3) is 0.286. The van der Waals surface area contributed by atoms with Gasteiger partial charge in [-0.05, 0) is 26.2 Å². The zero-order valence-corrected chi connectivity index (χ0v) is 13.0. The van der Waals surface area contributed by atoms with E-state index in [1.165, 1.54) is 24.3 Å². The summed E-state index contributed by atoms with van der Waals surface area (Å²) < 4.78 is 0. The van der Waals surface area contributed by atoms with E-state index in [1.807, 2.05) is 19.0 Å². The van der Waals surface area contributed by atoms with Crippen LogP contribution in [0.25, 0.3) is 11.3 Å². The van der Waals surface area contributed by atoms with Gasteiger partial charge in [0.2, 0.25) is 0 Å². The SMILES string of the molecule is CN(C)CCc1nc(-c2ccc([N+](=O)[O-])cc2)c(C(=O)O)s1. The molecular formula is C14H15N3O4S. The lowest BCUT2D eigenvalue weighted by Gasteiger charge is -2.06. The molecule has 0 aliphatic carbocycles. The van der Waals surface area contributed by atoms with E-state index < -0.39 is 10.9 Å². The average Bonchev–Trinajstić information content (AvgIpc) is 2.89. The van der Waals surface area contributed by atoms with Crippen molar-refractivity contribution in [1.82, 2.24) is 9.88 Å². The number of nitro groups is 1. The Bertz CT molecular complexity index is 695. The number of aromatic carboxylic acids is 1. The van der Waals surface area contributed by atoms with Crippen LogP contribution >= 0.6 is 11.3 Å². The molecule has 22 heavy (non-hydrogen) atoms. The lowest BCUT2D eigenvalue weighted by atomic mass is 10.1. The molecule has 0 radical (unpaired) electrons. The Hall–Kier alpha value is -2.32. The van der Waals surface area contributed by atoms with Crippen LogP contribution in [0.4, 0.5) is 5.69 Å². The number of hydrogen-bond acceptors (Lipinski definition) is 6. The molecule has 1 aromatic carbocycles. The van der Waals surface area contributed by atoms with Crippen LogP contribution in [0.3, 0.4) is 0 Å². The molecule has 0 saturated carbocycles. The maximum absolute atomic E-state index is 11.4. The molecule has 7 nitrogen and oxygen atoms in total. The summed E-state index contributed by atoms with van der Waals surface area (Å²) in [7, 11) is 3.87. The maximum atomic E-state index is 11.4. The van der Waals surface area contributed by atoms with Gasteiger partial charge >= 0.3 is 5.97 Å². The second kappa shape index (κ2) is 6.63. The average molecular weight is 321 g/mol. The first-order chi connectivity index (χ1) is 10.4. The summed E-state index contributed by atoms with van der Waals surface area (Å²) in [6.07, 6.45) is 0.658. The number of rotatable bonds is 6. The number of nitrogens with zero attached hydrogens (tertiary/aromatic N) is 3. The third-order valence-corrected chi connectivity index (χ3v) is 4.09. The van der Waals surface area contributed by atoms with Crippen molar-refractivity contribution in [3.05, 3.63) is 44.3 Å². The third-order valence-electron chi connectivity index (χ3n) is 2.99. The lowest BCUT2D eigenvalue weighted by Crippen LogP contribution is -2.14. The predicted octanol–water partition coefficient (Wildman–Crippen LogP) is 2.52.